The lowest BCUT2D eigenvalue weighted by atomic mass is 9.93. The molecular formula is C71H77NO19S. The second-order valence-electron chi connectivity index (χ2n) is 23.8. The van der Waals surface area contributed by atoms with Gasteiger partial charge >= 0.3 is 23.9 Å². The Balaban J connectivity index is 1.16. The average molecular weight is 1280 g/mol. The number of carbonyl (C=O) groups is 6. The van der Waals surface area contributed by atoms with Crippen LogP contribution in [0.15, 0.2) is 181 Å². The normalized spacial score (nSPS) is 27.2. The predicted octanol–water partition coefficient (Wildman–Crippen LogP) is 9.77. The highest BCUT2D eigenvalue weighted by atomic mass is 32.2. The third kappa shape index (κ3) is 16.9. The van der Waals surface area contributed by atoms with Gasteiger partial charge < -0.3 is 61.6 Å². The van der Waals surface area contributed by atoms with Crippen LogP contribution < -0.4 is 0 Å². The molecule has 4 aliphatic heterocycles. The Labute approximate surface area is 539 Å². The third-order valence-electron chi connectivity index (χ3n) is 15.8. The summed E-state index contributed by atoms with van der Waals surface area (Å²) in [5.41, 5.74) is 1.34. The quantitative estimate of drug-likeness (QED) is 0.0295. The molecule has 2 amide bonds. The van der Waals surface area contributed by atoms with Gasteiger partial charge in [0.1, 0.15) is 60.8 Å². The summed E-state index contributed by atoms with van der Waals surface area (Å²) in [4.78, 5) is 86.1. The first-order valence-electron chi connectivity index (χ1n) is 30.6. The van der Waals surface area contributed by atoms with Crippen molar-refractivity contribution in [3.63, 3.8) is 0 Å². The predicted molar refractivity (Wildman–Crippen MR) is 333 cm³/mol. The molecule has 21 heteroatoms. The van der Waals surface area contributed by atoms with E-state index in [1.165, 1.54) is 11.8 Å². The number of thioether (sulfide) groups is 1. The van der Waals surface area contributed by atoms with E-state index in [1.54, 1.807) is 45.0 Å². The van der Waals surface area contributed by atoms with E-state index in [0.717, 1.165) is 47.9 Å². The van der Waals surface area contributed by atoms with Crippen molar-refractivity contribution in [2.75, 3.05) is 13.2 Å². The molecular weight excluding hydrogens is 1200 g/mol. The fourth-order valence-electron chi connectivity index (χ4n) is 11.5. The van der Waals surface area contributed by atoms with Crippen molar-refractivity contribution in [1.82, 2.24) is 4.90 Å². The van der Waals surface area contributed by atoms with E-state index in [-0.39, 0.29) is 44.2 Å². The molecule has 0 spiro atoms. The van der Waals surface area contributed by atoms with Gasteiger partial charge in [-0.3, -0.25) is 33.7 Å². The van der Waals surface area contributed by atoms with Gasteiger partial charge in [0.25, 0.3) is 11.8 Å². The molecule has 6 aromatic rings. The first-order chi connectivity index (χ1) is 44.4. The Morgan fingerprint density at radius 2 is 0.880 bits per heavy atom. The second-order valence-corrected chi connectivity index (χ2v) is 25.0. The molecule has 0 N–H and O–H groups in total. The number of rotatable bonds is 25. The molecule has 0 radical (unpaired) electrons. The highest BCUT2D eigenvalue weighted by Crippen LogP contribution is 2.44. The summed E-state index contributed by atoms with van der Waals surface area (Å²) in [5.74, 6) is -4.63. The molecule has 3 fully saturated rings. The van der Waals surface area contributed by atoms with Crippen molar-refractivity contribution in [2.45, 2.75) is 171 Å². The molecule has 3 saturated heterocycles. The Bertz CT molecular complexity index is 3380. The van der Waals surface area contributed by atoms with E-state index < -0.39 is 139 Å². The first kappa shape index (κ1) is 67.2. The van der Waals surface area contributed by atoms with Crippen molar-refractivity contribution < 1.29 is 90.3 Å². The minimum Gasteiger partial charge on any atom is -0.462 e. The van der Waals surface area contributed by atoms with Crippen LogP contribution in [0.5, 0.6) is 0 Å². The van der Waals surface area contributed by atoms with Crippen molar-refractivity contribution in [3.05, 3.63) is 209 Å². The van der Waals surface area contributed by atoms with Crippen LogP contribution in [0.1, 0.15) is 91.4 Å². The summed E-state index contributed by atoms with van der Waals surface area (Å²) < 4.78 is 87.4. The maximum atomic E-state index is 15.4. The number of carbonyl (C=O) groups excluding carboxylic acids is 6. The smallest absolute Gasteiger partial charge is 0.311 e. The Morgan fingerprint density at radius 3 is 1.39 bits per heavy atom. The number of esters is 4. The SMILES string of the molecule is CC(=O)O[C@H]1[C@@H](OC(C)=O)[C@@H](COC(=O)C(C)(C)C)O[C@@H](O[C@H]2[C@H](O[C@@H]3O[C@@H](C)[C@@H](OCc4ccccc4)[C@@H](OCc4ccccc4)[C@@H]3OCc3ccccc3)[C@@H](N3C(=O)c4ccccc4C3=O)[C@H](Sc3ccccc3)O[C@@H]2COCc2ccccc2)[C@@H]1OC(C)=O. The number of hydrogen-bond acceptors (Lipinski definition) is 20. The van der Waals surface area contributed by atoms with Gasteiger partial charge in [0.15, 0.2) is 30.9 Å². The summed E-state index contributed by atoms with van der Waals surface area (Å²) in [6.07, 6.45) is -18.1. The first-order valence-corrected chi connectivity index (χ1v) is 31.5. The molecule has 486 valence electrons. The van der Waals surface area contributed by atoms with Crippen LogP contribution in [0.4, 0.5) is 0 Å². The molecule has 10 rings (SSSR count). The number of benzene rings is 6. The van der Waals surface area contributed by atoms with E-state index in [0.29, 0.717) is 4.90 Å². The van der Waals surface area contributed by atoms with Crippen molar-refractivity contribution >= 4 is 47.5 Å². The number of imide groups is 1. The van der Waals surface area contributed by atoms with Crippen LogP contribution >= 0.6 is 11.8 Å². The van der Waals surface area contributed by atoms with E-state index in [1.807, 2.05) is 159 Å². The van der Waals surface area contributed by atoms with Crippen LogP contribution in [-0.2, 0) is 107 Å². The fraction of sp³-hybridized carbons (Fsp3) is 0.408. The van der Waals surface area contributed by atoms with E-state index >= 15 is 9.59 Å². The van der Waals surface area contributed by atoms with Gasteiger partial charge in [0.05, 0.1) is 55.7 Å². The van der Waals surface area contributed by atoms with E-state index in [4.69, 9.17) is 61.6 Å². The van der Waals surface area contributed by atoms with E-state index in [2.05, 4.69) is 0 Å². The zero-order chi connectivity index (χ0) is 64.9. The maximum absolute atomic E-state index is 15.4. The standard InChI is InChI=1S/C71H77NO19S/c1-43-57(80-38-48-27-15-9-16-28-48)61(81-39-49-29-17-10-18-30-49)63(82-40-50-31-19-11-20-32-50)67(84-43)91-60-56(72-65(76)52-35-23-24-36-53(52)66(72)77)69(92-51-33-21-12-22-34-51)89-54(41-79-37-47-25-13-8-14-26-47)58(60)90-68-64(87-46(4)75)62(86-45(3)74)59(85-44(2)73)55(88-68)42-83-70(78)71(5,6)7/h8-36,43,54-64,67-69H,37-42H2,1-7H3/t43-,54+,55+,56+,57+,58+,59-,60+,61+,62-,63-,64+,67-,68-,69-/m0/s1. The van der Waals surface area contributed by atoms with Crippen molar-refractivity contribution in [1.29, 1.82) is 0 Å². The number of amides is 2. The third-order valence-corrected chi connectivity index (χ3v) is 16.9. The summed E-state index contributed by atoms with van der Waals surface area (Å²) in [6.45, 7) is 9.59. The summed E-state index contributed by atoms with van der Waals surface area (Å²) in [6, 6.07) is 52.4. The van der Waals surface area contributed by atoms with Gasteiger partial charge in [0, 0.05) is 25.7 Å². The number of fused-ring (bicyclic) bond motifs is 1. The van der Waals surface area contributed by atoms with Gasteiger partial charge in [-0.15, -0.1) is 0 Å². The summed E-state index contributed by atoms with van der Waals surface area (Å²) in [7, 11) is 0. The molecule has 92 heavy (non-hydrogen) atoms. The summed E-state index contributed by atoms with van der Waals surface area (Å²) in [5, 5.41) is 0. The van der Waals surface area contributed by atoms with Crippen LogP contribution in [0.25, 0.3) is 0 Å². The Kier molecular flexibility index (Phi) is 22.9. The fourth-order valence-corrected chi connectivity index (χ4v) is 12.7. The zero-order valence-electron chi connectivity index (χ0n) is 52.3. The zero-order valence-corrected chi connectivity index (χ0v) is 53.1. The molecule has 15 atom stereocenters. The van der Waals surface area contributed by atoms with Gasteiger partial charge in [0.2, 0.25) is 0 Å². The minimum absolute atomic E-state index is 0.0138. The molecule has 0 bridgehead atoms. The lowest BCUT2D eigenvalue weighted by Crippen LogP contribution is -2.70. The van der Waals surface area contributed by atoms with Crippen LogP contribution in [0.3, 0.4) is 0 Å². The van der Waals surface area contributed by atoms with Crippen LogP contribution in [0.2, 0.25) is 0 Å². The second kappa shape index (κ2) is 31.3. The van der Waals surface area contributed by atoms with Crippen molar-refractivity contribution in [3.8, 4) is 0 Å². The maximum Gasteiger partial charge on any atom is 0.311 e. The molecule has 0 unspecified atom stereocenters. The van der Waals surface area contributed by atoms with Crippen LogP contribution in [0, 0.1) is 5.41 Å². The molecule has 6 aromatic carbocycles. The largest absolute Gasteiger partial charge is 0.462 e. The van der Waals surface area contributed by atoms with Gasteiger partial charge in [-0.1, -0.05) is 163 Å². The Hall–Kier alpha value is -7.67. The molecule has 0 saturated carbocycles. The monoisotopic (exact) mass is 1280 g/mol. The average Bonchev–Trinajstić information content (AvgIpc) is 1.40. The van der Waals surface area contributed by atoms with Crippen molar-refractivity contribution in [2.24, 2.45) is 5.41 Å². The Morgan fingerprint density at radius 1 is 0.457 bits per heavy atom. The lowest BCUT2D eigenvalue weighted by Gasteiger charge is -2.52. The molecule has 4 aliphatic rings. The topological polar surface area (TPSA) is 226 Å². The summed E-state index contributed by atoms with van der Waals surface area (Å²) >= 11 is 1.21. The van der Waals surface area contributed by atoms with Gasteiger partial charge in [-0.25, -0.2) is 0 Å². The number of ether oxygens (including phenoxy) is 13. The molecule has 20 nitrogen and oxygen atoms in total. The highest BCUT2D eigenvalue weighted by Gasteiger charge is 2.61. The molecule has 0 aromatic heterocycles. The molecule has 0 aliphatic carbocycles. The highest BCUT2D eigenvalue weighted by molar-refractivity contribution is 7.99. The van der Waals surface area contributed by atoms with Crippen LogP contribution in [-0.4, -0.2) is 145 Å². The van der Waals surface area contributed by atoms with E-state index in [9.17, 15) is 19.2 Å². The lowest BCUT2D eigenvalue weighted by molar-refractivity contribution is -0.368. The number of hydrogen-bond donors (Lipinski definition) is 0. The number of nitrogens with zero attached hydrogens (tertiary/aromatic N) is 1. The minimum atomic E-state index is -1.86. The molecule has 4 heterocycles. The van der Waals surface area contributed by atoms with Gasteiger partial charge in [-0.05, 0) is 74.2 Å². The van der Waals surface area contributed by atoms with Gasteiger partial charge in [-0.2, -0.15) is 0 Å².